The van der Waals surface area contributed by atoms with Crippen LogP contribution in [0.25, 0.3) is 0 Å². The van der Waals surface area contributed by atoms with E-state index >= 15 is 0 Å². The zero-order chi connectivity index (χ0) is 24.0. The zero-order valence-electron chi connectivity index (χ0n) is 19.2. The fourth-order valence-corrected chi connectivity index (χ4v) is 4.14. The third kappa shape index (κ3) is 5.52. The number of amides is 2. The van der Waals surface area contributed by atoms with Crippen LogP contribution in [0.2, 0.25) is 0 Å². The lowest BCUT2D eigenvalue weighted by Crippen LogP contribution is -2.19. The molecule has 0 saturated heterocycles. The quantitative estimate of drug-likeness (QED) is 0.322. The highest BCUT2D eigenvalue weighted by Crippen LogP contribution is 2.32. The standard InChI is InChI=1S/C26H26N4O3S/c1-26(2,18-9-5-4-6-10-18)19-13-15-20(16-14-19)33-17-23-29-30-25(34-23)28-24(31)27-21-11-7-8-12-22(21)32-3/h4-16H,17H2,1-3H3,(H2,27,28,30,31). The summed E-state index contributed by atoms with van der Waals surface area (Å²) in [6.45, 7) is 4.67. The molecule has 0 fully saturated rings. The largest absolute Gasteiger partial charge is 0.495 e. The van der Waals surface area contributed by atoms with Gasteiger partial charge < -0.3 is 14.8 Å². The number of rotatable bonds is 8. The number of benzene rings is 3. The van der Waals surface area contributed by atoms with Gasteiger partial charge in [0.05, 0.1) is 12.8 Å². The molecule has 0 spiro atoms. The Morgan fingerprint density at radius 3 is 2.29 bits per heavy atom. The Morgan fingerprint density at radius 2 is 1.56 bits per heavy atom. The molecule has 8 heteroatoms. The summed E-state index contributed by atoms with van der Waals surface area (Å²) in [5.41, 5.74) is 2.92. The van der Waals surface area contributed by atoms with Crippen LogP contribution in [-0.4, -0.2) is 23.3 Å². The molecule has 0 bridgehead atoms. The van der Waals surface area contributed by atoms with Crippen LogP contribution < -0.4 is 20.1 Å². The molecule has 0 aliphatic rings. The molecule has 4 rings (SSSR count). The predicted molar refractivity (Wildman–Crippen MR) is 135 cm³/mol. The number of carbonyl (C=O) groups excluding carboxylic acids is 1. The Bertz CT molecular complexity index is 1240. The van der Waals surface area contributed by atoms with Crippen LogP contribution in [0.4, 0.5) is 15.6 Å². The van der Waals surface area contributed by atoms with E-state index in [0.717, 1.165) is 5.75 Å². The van der Waals surface area contributed by atoms with Crippen molar-refractivity contribution in [3.8, 4) is 11.5 Å². The number of nitrogens with one attached hydrogen (secondary N) is 2. The first-order valence-electron chi connectivity index (χ1n) is 10.8. The second-order valence-electron chi connectivity index (χ2n) is 8.08. The smallest absolute Gasteiger partial charge is 0.325 e. The molecule has 0 unspecified atom stereocenters. The van der Waals surface area contributed by atoms with Gasteiger partial charge in [-0.15, -0.1) is 10.2 Å². The van der Waals surface area contributed by atoms with Gasteiger partial charge in [0.15, 0.2) is 5.01 Å². The zero-order valence-corrected chi connectivity index (χ0v) is 20.1. The average molecular weight is 475 g/mol. The molecular formula is C26H26N4O3S. The first-order valence-corrected chi connectivity index (χ1v) is 11.6. The number of aromatic nitrogens is 2. The number of urea groups is 1. The lowest BCUT2D eigenvalue weighted by molar-refractivity contribution is 0.262. The lowest BCUT2D eigenvalue weighted by Gasteiger charge is -2.26. The molecule has 174 valence electrons. The van der Waals surface area contributed by atoms with E-state index in [9.17, 15) is 4.79 Å². The van der Waals surface area contributed by atoms with E-state index < -0.39 is 6.03 Å². The molecule has 2 amide bonds. The topological polar surface area (TPSA) is 85.4 Å². The maximum Gasteiger partial charge on any atom is 0.325 e. The van der Waals surface area contributed by atoms with Crippen molar-refractivity contribution in [1.82, 2.24) is 10.2 Å². The van der Waals surface area contributed by atoms with Gasteiger partial charge in [-0.3, -0.25) is 5.32 Å². The van der Waals surface area contributed by atoms with Crippen LogP contribution in [0.3, 0.4) is 0 Å². The summed E-state index contributed by atoms with van der Waals surface area (Å²) >= 11 is 1.26. The summed E-state index contributed by atoms with van der Waals surface area (Å²) in [5.74, 6) is 1.31. The molecule has 0 radical (unpaired) electrons. The van der Waals surface area contributed by atoms with E-state index in [1.54, 1.807) is 19.2 Å². The van der Waals surface area contributed by atoms with Crippen molar-refractivity contribution in [2.75, 3.05) is 17.7 Å². The van der Waals surface area contributed by atoms with E-state index in [2.05, 4.69) is 71.1 Å². The van der Waals surface area contributed by atoms with Crippen molar-refractivity contribution < 1.29 is 14.3 Å². The molecule has 1 aromatic heterocycles. The van der Waals surface area contributed by atoms with Gasteiger partial charge in [0.25, 0.3) is 0 Å². The van der Waals surface area contributed by atoms with Crippen LogP contribution >= 0.6 is 11.3 Å². The monoisotopic (exact) mass is 474 g/mol. The van der Waals surface area contributed by atoms with Crippen molar-refractivity contribution in [2.45, 2.75) is 25.9 Å². The van der Waals surface area contributed by atoms with Crippen molar-refractivity contribution >= 4 is 28.2 Å². The normalized spacial score (nSPS) is 11.0. The van der Waals surface area contributed by atoms with Gasteiger partial charge >= 0.3 is 6.03 Å². The highest BCUT2D eigenvalue weighted by molar-refractivity contribution is 7.15. The Kier molecular flexibility index (Phi) is 7.08. The maximum absolute atomic E-state index is 12.3. The van der Waals surface area contributed by atoms with E-state index in [4.69, 9.17) is 9.47 Å². The number of methoxy groups -OCH3 is 1. The summed E-state index contributed by atoms with van der Waals surface area (Å²) in [6, 6.07) is 25.2. The molecule has 0 aliphatic carbocycles. The van der Waals surface area contributed by atoms with Crippen molar-refractivity contribution in [3.63, 3.8) is 0 Å². The van der Waals surface area contributed by atoms with E-state index in [0.29, 0.717) is 21.6 Å². The van der Waals surface area contributed by atoms with Gasteiger partial charge in [-0.05, 0) is 35.4 Å². The number of nitrogens with zero attached hydrogens (tertiary/aromatic N) is 2. The molecule has 34 heavy (non-hydrogen) atoms. The number of anilines is 2. The summed E-state index contributed by atoms with van der Waals surface area (Å²) in [7, 11) is 1.55. The minimum atomic E-state index is -0.426. The van der Waals surface area contributed by atoms with Gasteiger partial charge in [-0.1, -0.05) is 79.8 Å². The van der Waals surface area contributed by atoms with Crippen LogP contribution in [-0.2, 0) is 12.0 Å². The van der Waals surface area contributed by atoms with Crippen molar-refractivity contribution in [2.24, 2.45) is 0 Å². The minimum absolute atomic E-state index is 0.107. The first-order chi connectivity index (χ1) is 16.5. The summed E-state index contributed by atoms with van der Waals surface area (Å²) < 4.78 is 11.1. The van der Waals surface area contributed by atoms with Crippen molar-refractivity contribution in [3.05, 3.63) is 95.0 Å². The lowest BCUT2D eigenvalue weighted by atomic mass is 9.78. The second-order valence-corrected chi connectivity index (χ2v) is 9.15. The Hall–Kier alpha value is -3.91. The fraction of sp³-hybridized carbons (Fsp3) is 0.192. The molecule has 7 nitrogen and oxygen atoms in total. The molecule has 0 atom stereocenters. The Morgan fingerprint density at radius 1 is 0.882 bits per heavy atom. The summed E-state index contributed by atoms with van der Waals surface area (Å²) in [6.07, 6.45) is 0. The highest BCUT2D eigenvalue weighted by atomic mass is 32.1. The van der Waals surface area contributed by atoms with Crippen molar-refractivity contribution in [1.29, 1.82) is 0 Å². The number of para-hydroxylation sites is 2. The fourth-order valence-electron chi connectivity index (χ4n) is 3.50. The third-order valence-electron chi connectivity index (χ3n) is 5.48. The second kappa shape index (κ2) is 10.4. The van der Waals surface area contributed by atoms with Gasteiger partial charge in [-0.2, -0.15) is 0 Å². The van der Waals surface area contributed by atoms with Gasteiger partial charge in [-0.25, -0.2) is 4.79 Å². The van der Waals surface area contributed by atoms with Crippen LogP contribution in [0.1, 0.15) is 30.0 Å². The molecule has 3 aromatic carbocycles. The molecule has 4 aromatic rings. The molecule has 1 heterocycles. The first kappa shape index (κ1) is 23.3. The SMILES string of the molecule is COc1ccccc1NC(=O)Nc1nnc(COc2ccc(C(C)(C)c3ccccc3)cc2)s1. The minimum Gasteiger partial charge on any atom is -0.495 e. The Balaban J connectivity index is 1.32. The number of hydrogen-bond donors (Lipinski definition) is 2. The number of carbonyl (C=O) groups is 1. The Labute approximate surface area is 202 Å². The molecule has 0 saturated carbocycles. The number of ether oxygens (including phenoxy) is 2. The highest BCUT2D eigenvalue weighted by Gasteiger charge is 2.22. The van der Waals surface area contributed by atoms with Gasteiger partial charge in [0.1, 0.15) is 18.1 Å². The number of hydrogen-bond acceptors (Lipinski definition) is 6. The molecule has 2 N–H and O–H groups in total. The third-order valence-corrected chi connectivity index (χ3v) is 6.29. The predicted octanol–water partition coefficient (Wildman–Crippen LogP) is 6.10. The molecular weight excluding hydrogens is 448 g/mol. The maximum atomic E-state index is 12.3. The van der Waals surface area contributed by atoms with Crippen LogP contribution in [0.5, 0.6) is 11.5 Å². The van der Waals surface area contributed by atoms with Gasteiger partial charge in [0, 0.05) is 5.41 Å². The summed E-state index contributed by atoms with van der Waals surface area (Å²) in [4.78, 5) is 12.3. The average Bonchev–Trinajstić information content (AvgIpc) is 3.31. The van der Waals surface area contributed by atoms with Crippen LogP contribution in [0, 0.1) is 0 Å². The van der Waals surface area contributed by atoms with E-state index in [1.807, 2.05) is 30.3 Å². The molecule has 0 aliphatic heterocycles. The van der Waals surface area contributed by atoms with Crippen LogP contribution in [0.15, 0.2) is 78.9 Å². The van der Waals surface area contributed by atoms with Gasteiger partial charge in [0.2, 0.25) is 5.13 Å². The summed E-state index contributed by atoms with van der Waals surface area (Å²) in [5, 5.41) is 14.6. The van der Waals surface area contributed by atoms with E-state index in [-0.39, 0.29) is 12.0 Å². The van der Waals surface area contributed by atoms with E-state index in [1.165, 1.54) is 22.5 Å².